The maximum atomic E-state index is 13.6. The van der Waals surface area contributed by atoms with E-state index in [0.717, 1.165) is 8.66 Å². The highest BCUT2D eigenvalue weighted by Crippen LogP contribution is 2.37. The third-order valence-corrected chi connectivity index (χ3v) is 7.67. The van der Waals surface area contributed by atoms with Crippen LogP contribution < -0.4 is 24.4 Å². The van der Waals surface area contributed by atoms with Gasteiger partial charge < -0.3 is 14.2 Å². The van der Waals surface area contributed by atoms with E-state index in [1.54, 1.807) is 46.3 Å². The number of hydrogen-bond donors (Lipinski definition) is 0. The summed E-state index contributed by atoms with van der Waals surface area (Å²) < 4.78 is 19.4. The zero-order valence-corrected chi connectivity index (χ0v) is 21.6. The summed E-state index contributed by atoms with van der Waals surface area (Å²) in [6.45, 7) is 3.69. The molecule has 1 aliphatic rings. The topological polar surface area (TPSA) is 79.1 Å². The molecule has 3 heterocycles. The molecule has 1 aliphatic heterocycles. The van der Waals surface area contributed by atoms with Gasteiger partial charge in [0.2, 0.25) is 0 Å². The lowest BCUT2D eigenvalue weighted by molar-refractivity contribution is -0.139. The van der Waals surface area contributed by atoms with E-state index in [1.165, 1.54) is 27.2 Å². The van der Waals surface area contributed by atoms with E-state index < -0.39 is 12.0 Å². The van der Waals surface area contributed by atoms with Gasteiger partial charge in [-0.15, -0.1) is 11.3 Å². The van der Waals surface area contributed by atoms with Crippen molar-refractivity contribution < 1.29 is 19.0 Å². The predicted molar refractivity (Wildman–Crippen MR) is 132 cm³/mol. The number of rotatable bonds is 6. The predicted octanol–water partition coefficient (Wildman–Crippen LogP) is 3.64. The van der Waals surface area contributed by atoms with Gasteiger partial charge in [-0.05, 0) is 66.2 Å². The van der Waals surface area contributed by atoms with Crippen LogP contribution in [0, 0.1) is 0 Å². The molecule has 10 heteroatoms. The van der Waals surface area contributed by atoms with Crippen molar-refractivity contribution in [3.63, 3.8) is 0 Å². The van der Waals surface area contributed by atoms with Crippen LogP contribution in [0.5, 0.6) is 11.5 Å². The summed E-state index contributed by atoms with van der Waals surface area (Å²) in [5.41, 5.74) is 1.16. The molecule has 0 saturated heterocycles. The van der Waals surface area contributed by atoms with Crippen LogP contribution in [0.4, 0.5) is 0 Å². The number of thiophene rings is 1. The van der Waals surface area contributed by atoms with Crippen molar-refractivity contribution in [3.05, 3.63) is 75.5 Å². The fourth-order valence-electron chi connectivity index (χ4n) is 3.67. The third-order valence-electron chi connectivity index (χ3n) is 5.12. The van der Waals surface area contributed by atoms with E-state index in [1.807, 2.05) is 18.2 Å². The lowest BCUT2D eigenvalue weighted by Gasteiger charge is -2.26. The summed E-state index contributed by atoms with van der Waals surface area (Å²) in [4.78, 5) is 32.7. The average Bonchev–Trinajstić information content (AvgIpc) is 3.34. The largest absolute Gasteiger partial charge is 0.497 e. The lowest BCUT2D eigenvalue weighted by Crippen LogP contribution is -2.40. The Balaban J connectivity index is 2.02. The molecule has 3 aromatic rings. The number of benzene rings is 1. The third kappa shape index (κ3) is 4.42. The number of fused-ring (bicyclic) bond motifs is 1. The van der Waals surface area contributed by atoms with E-state index in [-0.39, 0.29) is 12.2 Å². The molecular formula is C23H21BrN2O5S2. The second-order valence-corrected chi connectivity index (χ2v) is 10.6. The number of methoxy groups -OCH3 is 2. The van der Waals surface area contributed by atoms with E-state index in [9.17, 15) is 9.59 Å². The molecule has 0 bridgehead atoms. The molecule has 0 aliphatic carbocycles. The molecule has 4 rings (SSSR count). The molecule has 0 unspecified atom stereocenters. The minimum atomic E-state index is -0.775. The molecule has 1 atom stereocenters. The molecule has 0 N–H and O–H groups in total. The number of carbonyl (C=O) groups is 1. The molecule has 0 fully saturated rings. The number of carbonyl (C=O) groups excluding carboxylic acids is 1. The number of nitrogens with zero attached hydrogens (tertiary/aromatic N) is 2. The highest BCUT2D eigenvalue weighted by molar-refractivity contribution is 9.11. The van der Waals surface area contributed by atoms with Gasteiger partial charge >= 0.3 is 5.97 Å². The van der Waals surface area contributed by atoms with Crippen molar-refractivity contribution >= 4 is 50.6 Å². The average molecular weight is 549 g/mol. The smallest absolute Gasteiger partial charge is 0.338 e. The molecule has 0 radical (unpaired) electrons. The first-order valence-electron chi connectivity index (χ1n) is 10.0. The van der Waals surface area contributed by atoms with Crippen LogP contribution in [-0.4, -0.2) is 31.4 Å². The highest BCUT2D eigenvalue weighted by atomic mass is 79.9. The van der Waals surface area contributed by atoms with Crippen LogP contribution >= 0.6 is 38.6 Å². The minimum Gasteiger partial charge on any atom is -0.497 e. The summed E-state index contributed by atoms with van der Waals surface area (Å²) >= 11 is 6.26. The second-order valence-electron chi connectivity index (χ2n) is 7.05. The summed E-state index contributed by atoms with van der Waals surface area (Å²) in [7, 11) is 3.10. The zero-order valence-electron chi connectivity index (χ0n) is 18.4. The molecule has 1 aromatic carbocycles. The van der Waals surface area contributed by atoms with Crippen molar-refractivity contribution in [1.29, 1.82) is 0 Å². The maximum absolute atomic E-state index is 13.6. The Morgan fingerprint density at radius 2 is 2.00 bits per heavy atom. The van der Waals surface area contributed by atoms with E-state index in [0.29, 0.717) is 37.7 Å². The van der Waals surface area contributed by atoms with Crippen LogP contribution in [-0.2, 0) is 9.53 Å². The number of ether oxygens (including phenoxy) is 3. The minimum absolute atomic E-state index is 0.204. The molecule has 172 valence electrons. The standard InChI is InChI=1S/C23H21BrN2O5S2/c1-5-31-22(28)19-12(2)25-23-26(20(19)15-10-13(29-3)6-8-16(15)30-4)21(27)17(33-23)11-14-7-9-18(24)32-14/h6-11,20H,5H2,1-4H3/b17-11+/t20-/m0/s1. The quantitative estimate of drug-likeness (QED) is 0.439. The lowest BCUT2D eigenvalue weighted by atomic mass is 9.95. The van der Waals surface area contributed by atoms with Crippen LogP contribution in [0.3, 0.4) is 0 Å². The first-order valence-corrected chi connectivity index (χ1v) is 12.5. The van der Waals surface area contributed by atoms with Crippen LogP contribution in [0.1, 0.15) is 30.3 Å². The van der Waals surface area contributed by atoms with Crippen molar-refractivity contribution in [2.24, 2.45) is 4.99 Å². The Bertz CT molecular complexity index is 1430. The Morgan fingerprint density at radius 3 is 2.64 bits per heavy atom. The number of esters is 1. The Kier molecular flexibility index (Phi) is 6.87. The fraction of sp³-hybridized carbons (Fsp3) is 0.261. The molecule has 0 saturated carbocycles. The molecular weight excluding hydrogens is 528 g/mol. The molecule has 7 nitrogen and oxygen atoms in total. The van der Waals surface area contributed by atoms with Crippen LogP contribution in [0.2, 0.25) is 0 Å². The Morgan fingerprint density at radius 1 is 1.21 bits per heavy atom. The summed E-state index contributed by atoms with van der Waals surface area (Å²) in [6, 6.07) is 8.38. The van der Waals surface area contributed by atoms with Gasteiger partial charge in [0.05, 0.1) is 40.4 Å². The van der Waals surface area contributed by atoms with Gasteiger partial charge in [0.1, 0.15) is 17.5 Å². The van der Waals surface area contributed by atoms with E-state index in [4.69, 9.17) is 14.2 Å². The fourth-order valence-corrected chi connectivity index (χ4v) is 6.15. The van der Waals surface area contributed by atoms with Crippen molar-refractivity contribution in [2.45, 2.75) is 19.9 Å². The van der Waals surface area contributed by atoms with Gasteiger partial charge in [-0.2, -0.15) is 0 Å². The van der Waals surface area contributed by atoms with Crippen LogP contribution in [0.25, 0.3) is 6.08 Å². The maximum Gasteiger partial charge on any atom is 0.338 e. The molecule has 33 heavy (non-hydrogen) atoms. The monoisotopic (exact) mass is 548 g/mol. The first kappa shape index (κ1) is 23.5. The number of thiazole rings is 1. The van der Waals surface area contributed by atoms with Crippen LogP contribution in [0.15, 0.2) is 55.2 Å². The summed E-state index contributed by atoms with van der Waals surface area (Å²) in [5, 5.41) is 0. The summed E-state index contributed by atoms with van der Waals surface area (Å²) in [5.74, 6) is 0.577. The van der Waals surface area contributed by atoms with Gasteiger partial charge in [0, 0.05) is 10.4 Å². The van der Waals surface area contributed by atoms with Crippen molar-refractivity contribution in [1.82, 2.24) is 4.57 Å². The van der Waals surface area contributed by atoms with Gasteiger partial charge in [-0.3, -0.25) is 9.36 Å². The molecule has 2 aromatic heterocycles. The number of hydrogen-bond acceptors (Lipinski definition) is 8. The van der Waals surface area contributed by atoms with Gasteiger partial charge in [-0.1, -0.05) is 11.3 Å². The van der Waals surface area contributed by atoms with Crippen molar-refractivity contribution in [2.75, 3.05) is 20.8 Å². The van der Waals surface area contributed by atoms with Gasteiger partial charge in [-0.25, -0.2) is 9.79 Å². The second kappa shape index (κ2) is 9.66. The van der Waals surface area contributed by atoms with E-state index >= 15 is 0 Å². The molecule has 0 amide bonds. The van der Waals surface area contributed by atoms with E-state index in [2.05, 4.69) is 20.9 Å². The number of halogens is 1. The highest BCUT2D eigenvalue weighted by Gasteiger charge is 2.35. The van der Waals surface area contributed by atoms with Gasteiger partial charge in [0.15, 0.2) is 4.80 Å². The van der Waals surface area contributed by atoms with Gasteiger partial charge in [0.25, 0.3) is 5.56 Å². The SMILES string of the molecule is CCOC(=O)C1=C(C)N=c2s/c(=C/c3ccc(Br)s3)c(=O)n2[C@H]1c1cc(OC)ccc1OC. The zero-order chi connectivity index (χ0) is 23.7. The molecule has 0 spiro atoms. The Hall–Kier alpha value is -2.69. The number of allylic oxidation sites excluding steroid dienone is 1. The number of aromatic nitrogens is 1. The normalized spacial score (nSPS) is 15.8. The first-order chi connectivity index (χ1) is 15.9. The Labute approximate surface area is 206 Å². The summed E-state index contributed by atoms with van der Waals surface area (Å²) in [6.07, 6.45) is 1.84. The van der Waals surface area contributed by atoms with Crippen molar-refractivity contribution in [3.8, 4) is 11.5 Å².